The summed E-state index contributed by atoms with van der Waals surface area (Å²) in [7, 11) is 0. The van der Waals surface area contributed by atoms with Crippen LogP contribution >= 0.6 is 0 Å². The molecule has 5 nitrogen and oxygen atoms in total. The first-order valence-electron chi connectivity index (χ1n) is 7.78. The van der Waals surface area contributed by atoms with E-state index in [9.17, 15) is 13.2 Å². The van der Waals surface area contributed by atoms with E-state index in [0.29, 0.717) is 45.2 Å². The van der Waals surface area contributed by atoms with Gasteiger partial charge in [0.15, 0.2) is 5.96 Å². The molecule has 130 valence electrons. The van der Waals surface area contributed by atoms with E-state index in [4.69, 9.17) is 4.42 Å². The van der Waals surface area contributed by atoms with Crippen molar-refractivity contribution < 1.29 is 17.6 Å². The summed E-state index contributed by atoms with van der Waals surface area (Å²) in [5.74, 6) is 1.47. The van der Waals surface area contributed by atoms with Gasteiger partial charge in [0.25, 0.3) is 0 Å². The molecule has 0 saturated carbocycles. The Morgan fingerprint density at radius 3 is 2.57 bits per heavy atom. The van der Waals surface area contributed by atoms with Crippen LogP contribution in [0.5, 0.6) is 0 Å². The van der Waals surface area contributed by atoms with Crippen LogP contribution in [-0.4, -0.2) is 60.7 Å². The van der Waals surface area contributed by atoms with E-state index in [0.717, 1.165) is 5.76 Å². The Balaban J connectivity index is 1.93. The Bertz CT molecular complexity index is 493. The number of hydrogen-bond donors (Lipinski definition) is 1. The average Bonchev–Trinajstić information content (AvgIpc) is 3.03. The second-order valence-corrected chi connectivity index (χ2v) is 5.49. The molecule has 1 atom stereocenters. The fraction of sp³-hybridized carbons (Fsp3) is 0.667. The molecule has 0 aliphatic carbocycles. The van der Waals surface area contributed by atoms with Gasteiger partial charge in [0.05, 0.1) is 6.26 Å². The quantitative estimate of drug-likeness (QED) is 0.679. The molecule has 0 aromatic carbocycles. The van der Waals surface area contributed by atoms with Gasteiger partial charge in [0.2, 0.25) is 0 Å². The van der Waals surface area contributed by atoms with Gasteiger partial charge in [-0.05, 0) is 26.0 Å². The van der Waals surface area contributed by atoms with Crippen molar-refractivity contribution in [1.82, 2.24) is 15.1 Å². The van der Waals surface area contributed by atoms with E-state index in [2.05, 4.69) is 10.3 Å². The summed E-state index contributed by atoms with van der Waals surface area (Å²) in [6.45, 7) is 6.06. The lowest BCUT2D eigenvalue weighted by atomic mass is 10.2. The second kappa shape index (κ2) is 7.72. The summed E-state index contributed by atoms with van der Waals surface area (Å²) in [5.41, 5.74) is 0. The first-order valence-corrected chi connectivity index (χ1v) is 7.78. The predicted octanol–water partition coefficient (Wildman–Crippen LogP) is 2.31. The summed E-state index contributed by atoms with van der Waals surface area (Å²) in [5, 5.41) is 3.18. The predicted molar refractivity (Wildman–Crippen MR) is 82.2 cm³/mol. The van der Waals surface area contributed by atoms with E-state index in [1.165, 1.54) is 11.8 Å². The Morgan fingerprint density at radius 2 is 2.04 bits per heavy atom. The summed E-state index contributed by atoms with van der Waals surface area (Å²) in [6.07, 6.45) is -2.59. The number of alkyl halides is 3. The molecule has 1 fully saturated rings. The van der Waals surface area contributed by atoms with Crippen molar-refractivity contribution in [2.24, 2.45) is 4.99 Å². The molecule has 0 radical (unpaired) electrons. The van der Waals surface area contributed by atoms with Crippen molar-refractivity contribution >= 4 is 5.96 Å². The lowest BCUT2D eigenvalue weighted by molar-refractivity contribution is -0.181. The van der Waals surface area contributed by atoms with Crippen LogP contribution in [0.3, 0.4) is 0 Å². The van der Waals surface area contributed by atoms with E-state index in [1.54, 1.807) is 12.3 Å². The highest BCUT2D eigenvalue weighted by Crippen LogP contribution is 2.25. The molecular formula is C15H23F3N4O. The van der Waals surface area contributed by atoms with Crippen molar-refractivity contribution in [2.45, 2.75) is 32.6 Å². The maximum atomic E-state index is 12.8. The van der Waals surface area contributed by atoms with Gasteiger partial charge in [-0.3, -0.25) is 4.90 Å². The standard InChI is InChI=1S/C15H23F3N4O/c1-3-19-14(20-11-13-5-4-10-23-13)22-8-6-21(7-9-22)12(2)15(16,17)18/h4-5,10,12H,3,6-9,11H2,1-2H3,(H,19,20). The maximum absolute atomic E-state index is 12.8. The van der Waals surface area contributed by atoms with Crippen molar-refractivity contribution in [3.8, 4) is 0 Å². The third kappa shape index (κ3) is 4.89. The smallest absolute Gasteiger partial charge is 0.403 e. The minimum atomic E-state index is -4.18. The fourth-order valence-electron chi connectivity index (χ4n) is 2.51. The summed E-state index contributed by atoms with van der Waals surface area (Å²) in [4.78, 5) is 7.95. The summed E-state index contributed by atoms with van der Waals surface area (Å²) in [6, 6.07) is 2.23. The van der Waals surface area contributed by atoms with Crippen LogP contribution in [-0.2, 0) is 6.54 Å². The monoisotopic (exact) mass is 332 g/mol. The van der Waals surface area contributed by atoms with Crippen LogP contribution < -0.4 is 5.32 Å². The van der Waals surface area contributed by atoms with Gasteiger partial charge >= 0.3 is 6.18 Å². The number of aliphatic imine (C=N–C) groups is 1. The Morgan fingerprint density at radius 1 is 1.35 bits per heavy atom. The van der Waals surface area contributed by atoms with Crippen LogP contribution in [0.2, 0.25) is 0 Å². The van der Waals surface area contributed by atoms with Gasteiger partial charge < -0.3 is 14.6 Å². The van der Waals surface area contributed by atoms with Gasteiger partial charge in [0.1, 0.15) is 18.3 Å². The molecule has 1 saturated heterocycles. The third-order valence-corrected chi connectivity index (χ3v) is 3.93. The van der Waals surface area contributed by atoms with E-state index >= 15 is 0 Å². The zero-order chi connectivity index (χ0) is 16.9. The molecule has 2 rings (SSSR count). The first-order chi connectivity index (χ1) is 10.9. The molecule has 8 heteroatoms. The summed E-state index contributed by atoms with van der Waals surface area (Å²) < 4.78 is 43.6. The molecular weight excluding hydrogens is 309 g/mol. The first kappa shape index (κ1) is 17.7. The molecule has 1 aliphatic heterocycles. The van der Waals surface area contributed by atoms with E-state index in [1.807, 2.05) is 17.9 Å². The topological polar surface area (TPSA) is 44.0 Å². The van der Waals surface area contributed by atoms with Crippen LogP contribution in [0.1, 0.15) is 19.6 Å². The van der Waals surface area contributed by atoms with Gasteiger partial charge in [0, 0.05) is 32.7 Å². The largest absolute Gasteiger partial charge is 0.467 e. The number of hydrogen-bond acceptors (Lipinski definition) is 3. The highest BCUT2D eigenvalue weighted by molar-refractivity contribution is 5.80. The number of halogens is 3. The Hall–Kier alpha value is -1.70. The van der Waals surface area contributed by atoms with Gasteiger partial charge in [-0.25, -0.2) is 4.99 Å². The lowest BCUT2D eigenvalue weighted by Gasteiger charge is -2.39. The number of nitrogens with one attached hydrogen (secondary N) is 1. The SMILES string of the molecule is CCNC(=NCc1ccco1)N1CCN(C(C)C(F)(F)F)CC1. The average molecular weight is 332 g/mol. The van der Waals surface area contributed by atoms with E-state index in [-0.39, 0.29) is 0 Å². The highest BCUT2D eigenvalue weighted by atomic mass is 19.4. The van der Waals surface area contributed by atoms with Crippen LogP contribution in [0.25, 0.3) is 0 Å². The molecule has 1 aromatic heterocycles. The normalized spacial score (nSPS) is 19.0. The Labute approximate surface area is 134 Å². The number of guanidine groups is 1. The highest BCUT2D eigenvalue weighted by Gasteiger charge is 2.41. The fourth-order valence-corrected chi connectivity index (χ4v) is 2.51. The van der Waals surface area contributed by atoms with Crippen molar-refractivity contribution in [1.29, 1.82) is 0 Å². The molecule has 2 heterocycles. The number of rotatable bonds is 4. The van der Waals surface area contributed by atoms with Crippen LogP contribution in [0, 0.1) is 0 Å². The van der Waals surface area contributed by atoms with Crippen molar-refractivity contribution in [3.05, 3.63) is 24.2 Å². The zero-order valence-corrected chi connectivity index (χ0v) is 13.4. The van der Waals surface area contributed by atoms with Gasteiger partial charge in [-0.1, -0.05) is 0 Å². The second-order valence-electron chi connectivity index (χ2n) is 5.49. The van der Waals surface area contributed by atoms with E-state index < -0.39 is 12.2 Å². The van der Waals surface area contributed by atoms with Crippen LogP contribution in [0.15, 0.2) is 27.8 Å². The maximum Gasteiger partial charge on any atom is 0.403 e. The molecule has 1 aliphatic rings. The molecule has 1 N–H and O–H groups in total. The van der Waals surface area contributed by atoms with Gasteiger partial charge in [-0.15, -0.1) is 0 Å². The Kier molecular flexibility index (Phi) is 5.92. The van der Waals surface area contributed by atoms with Crippen molar-refractivity contribution in [2.75, 3.05) is 32.7 Å². The number of furan rings is 1. The molecule has 23 heavy (non-hydrogen) atoms. The summed E-state index contributed by atoms with van der Waals surface area (Å²) >= 11 is 0. The minimum Gasteiger partial charge on any atom is -0.467 e. The minimum absolute atomic E-state index is 0.367. The lowest BCUT2D eigenvalue weighted by Crippen LogP contribution is -2.56. The molecule has 0 bridgehead atoms. The molecule has 0 amide bonds. The number of nitrogens with zero attached hydrogens (tertiary/aromatic N) is 3. The van der Waals surface area contributed by atoms with Crippen molar-refractivity contribution in [3.63, 3.8) is 0 Å². The van der Waals surface area contributed by atoms with Crippen LogP contribution in [0.4, 0.5) is 13.2 Å². The van der Waals surface area contributed by atoms with Gasteiger partial charge in [-0.2, -0.15) is 13.2 Å². The molecule has 0 spiro atoms. The molecule has 1 unspecified atom stereocenters. The zero-order valence-electron chi connectivity index (χ0n) is 13.4. The third-order valence-electron chi connectivity index (χ3n) is 3.93. The number of piperazine rings is 1. The molecule has 1 aromatic rings.